The van der Waals surface area contributed by atoms with E-state index >= 15 is 0 Å². The summed E-state index contributed by atoms with van der Waals surface area (Å²) < 4.78 is 8.64. The second kappa shape index (κ2) is 5.33. The zero-order valence-corrected chi connectivity index (χ0v) is 11.1. The first-order valence-corrected chi connectivity index (χ1v) is 6.07. The summed E-state index contributed by atoms with van der Waals surface area (Å²) in [4.78, 5) is 4.05. The van der Waals surface area contributed by atoms with Crippen molar-refractivity contribution in [1.29, 1.82) is 0 Å². The van der Waals surface area contributed by atoms with Gasteiger partial charge < -0.3 is 15.0 Å². The van der Waals surface area contributed by atoms with Crippen molar-refractivity contribution in [1.82, 2.24) is 9.55 Å². The largest absolute Gasteiger partial charge is 0.486 e. The molecule has 1 heterocycles. The van der Waals surface area contributed by atoms with Gasteiger partial charge in [0.1, 0.15) is 12.4 Å². The fourth-order valence-electron chi connectivity index (χ4n) is 1.55. The van der Waals surface area contributed by atoms with Crippen LogP contribution in [0.4, 0.5) is 0 Å². The van der Waals surface area contributed by atoms with Gasteiger partial charge in [0.15, 0.2) is 0 Å². The number of nitrogens with zero attached hydrogens (tertiary/aromatic N) is 2. The van der Waals surface area contributed by atoms with Crippen molar-refractivity contribution in [3.8, 4) is 5.75 Å². The lowest BCUT2D eigenvalue weighted by Crippen LogP contribution is -2.05. The normalized spacial score (nSPS) is 10.5. The number of nitrogens with two attached hydrogens (primary N) is 1. The Labute approximate surface area is 109 Å². The molecule has 0 unspecified atom stereocenters. The number of hydrogen-bond acceptors (Lipinski definition) is 3. The topological polar surface area (TPSA) is 53.1 Å². The second-order valence-electron chi connectivity index (χ2n) is 3.72. The summed E-state index contributed by atoms with van der Waals surface area (Å²) in [6.07, 6.45) is 3.54. The summed E-state index contributed by atoms with van der Waals surface area (Å²) >= 11 is 3.47. The van der Waals surface area contributed by atoms with Crippen molar-refractivity contribution in [2.45, 2.75) is 13.2 Å². The quantitative estimate of drug-likeness (QED) is 0.941. The molecule has 0 aliphatic heterocycles. The predicted molar refractivity (Wildman–Crippen MR) is 69.6 cm³/mol. The molecule has 2 N–H and O–H groups in total. The van der Waals surface area contributed by atoms with Crippen LogP contribution < -0.4 is 10.5 Å². The Bertz CT molecular complexity index is 510. The highest BCUT2D eigenvalue weighted by Gasteiger charge is 2.08. The highest BCUT2D eigenvalue weighted by molar-refractivity contribution is 9.10. The molecular weight excluding hydrogens is 282 g/mol. The van der Waals surface area contributed by atoms with Gasteiger partial charge in [0, 0.05) is 19.2 Å². The van der Waals surface area contributed by atoms with E-state index < -0.39 is 0 Å². The third-order valence-electron chi connectivity index (χ3n) is 2.55. The Kier molecular flexibility index (Phi) is 3.81. The third-order valence-corrected chi connectivity index (χ3v) is 3.17. The van der Waals surface area contributed by atoms with Gasteiger partial charge in [-0.05, 0) is 22.0 Å². The molecule has 5 heteroatoms. The van der Waals surface area contributed by atoms with Crippen LogP contribution in [0.25, 0.3) is 0 Å². The van der Waals surface area contributed by atoms with Gasteiger partial charge in [-0.1, -0.05) is 12.1 Å². The van der Waals surface area contributed by atoms with Crippen LogP contribution in [0.5, 0.6) is 5.75 Å². The Hall–Kier alpha value is -1.33. The molecule has 1 aromatic carbocycles. The smallest absolute Gasteiger partial charge is 0.138 e. The number of aryl methyl sites for hydroxylation is 1. The second-order valence-corrected chi connectivity index (χ2v) is 4.57. The molecule has 0 amide bonds. The van der Waals surface area contributed by atoms with Gasteiger partial charge in [0.25, 0.3) is 0 Å². The van der Waals surface area contributed by atoms with Crippen LogP contribution in [0.2, 0.25) is 0 Å². The molecule has 0 spiro atoms. The van der Waals surface area contributed by atoms with Crippen LogP contribution in [0.3, 0.4) is 0 Å². The van der Waals surface area contributed by atoms with E-state index in [4.69, 9.17) is 10.5 Å². The van der Waals surface area contributed by atoms with E-state index in [0.29, 0.717) is 13.2 Å². The lowest BCUT2D eigenvalue weighted by molar-refractivity contribution is 0.292. The Morgan fingerprint density at radius 3 is 2.94 bits per heavy atom. The Morgan fingerprint density at radius 1 is 1.47 bits per heavy atom. The first kappa shape index (κ1) is 12.1. The maximum absolute atomic E-state index is 5.80. The van der Waals surface area contributed by atoms with Gasteiger partial charge in [-0.15, -0.1) is 0 Å². The van der Waals surface area contributed by atoms with Crippen molar-refractivity contribution in [2.24, 2.45) is 12.8 Å². The number of para-hydroxylation sites is 1. The molecule has 0 bridgehead atoms. The van der Waals surface area contributed by atoms with E-state index in [1.54, 1.807) is 12.5 Å². The highest BCUT2D eigenvalue weighted by Crippen LogP contribution is 2.29. The van der Waals surface area contributed by atoms with Crippen molar-refractivity contribution in [3.63, 3.8) is 0 Å². The molecule has 0 aliphatic rings. The molecule has 1 aromatic heterocycles. The van der Waals surface area contributed by atoms with Crippen molar-refractivity contribution >= 4 is 15.9 Å². The molecule has 0 saturated carbocycles. The summed E-state index contributed by atoms with van der Waals surface area (Å²) in [5.74, 6) is 0.802. The molecule has 0 saturated heterocycles. The highest BCUT2D eigenvalue weighted by atomic mass is 79.9. The van der Waals surface area contributed by atoms with E-state index in [1.165, 1.54) is 0 Å². The van der Waals surface area contributed by atoms with Gasteiger partial charge in [-0.3, -0.25) is 0 Å². The molecule has 0 atom stereocenters. The van der Waals surface area contributed by atoms with Gasteiger partial charge in [-0.2, -0.15) is 0 Å². The molecular formula is C12H14BrN3O. The van der Waals surface area contributed by atoms with E-state index in [0.717, 1.165) is 21.5 Å². The molecule has 2 rings (SSSR count). The average molecular weight is 296 g/mol. The first-order valence-electron chi connectivity index (χ1n) is 5.28. The molecule has 4 nitrogen and oxygen atoms in total. The van der Waals surface area contributed by atoms with Crippen LogP contribution in [0.1, 0.15) is 11.3 Å². The predicted octanol–water partition coefficient (Wildman–Crippen LogP) is 2.22. The first-order chi connectivity index (χ1) is 8.22. The summed E-state index contributed by atoms with van der Waals surface area (Å²) in [6, 6.07) is 5.85. The maximum atomic E-state index is 5.80. The zero-order chi connectivity index (χ0) is 12.3. The fraction of sp³-hybridized carbons (Fsp3) is 0.250. The minimum absolute atomic E-state index is 0.458. The third kappa shape index (κ3) is 2.68. The van der Waals surface area contributed by atoms with Crippen molar-refractivity contribution < 1.29 is 4.74 Å². The average Bonchev–Trinajstić information content (AvgIpc) is 2.73. The lowest BCUT2D eigenvalue weighted by atomic mass is 10.2. The Balaban J connectivity index is 2.16. The summed E-state index contributed by atoms with van der Waals surface area (Å²) in [5, 5.41) is 0. The van der Waals surface area contributed by atoms with Crippen LogP contribution in [-0.2, 0) is 20.2 Å². The number of aromatic nitrogens is 2. The van der Waals surface area contributed by atoms with E-state index in [9.17, 15) is 0 Å². The van der Waals surface area contributed by atoms with Gasteiger partial charge >= 0.3 is 0 Å². The van der Waals surface area contributed by atoms with Crippen LogP contribution in [0.15, 0.2) is 35.2 Å². The molecule has 0 radical (unpaired) electrons. The van der Waals surface area contributed by atoms with E-state index in [2.05, 4.69) is 20.9 Å². The van der Waals surface area contributed by atoms with Crippen molar-refractivity contribution in [3.05, 3.63) is 46.5 Å². The molecule has 17 heavy (non-hydrogen) atoms. The summed E-state index contributed by atoms with van der Waals surface area (Å²) in [5.41, 5.74) is 7.68. The Morgan fingerprint density at radius 2 is 2.29 bits per heavy atom. The monoisotopic (exact) mass is 295 g/mol. The van der Waals surface area contributed by atoms with E-state index in [1.807, 2.05) is 29.8 Å². The summed E-state index contributed by atoms with van der Waals surface area (Å²) in [7, 11) is 1.94. The number of rotatable bonds is 4. The van der Waals surface area contributed by atoms with Gasteiger partial charge in [0.05, 0.1) is 22.7 Å². The number of benzene rings is 1. The number of halogens is 1. The molecule has 90 valence electrons. The SMILES string of the molecule is Cn1cncc1COc1c(Br)cccc1CN. The van der Waals surface area contributed by atoms with Crippen LogP contribution in [-0.4, -0.2) is 9.55 Å². The van der Waals surface area contributed by atoms with Gasteiger partial charge in [0.2, 0.25) is 0 Å². The minimum atomic E-state index is 0.458. The summed E-state index contributed by atoms with van der Waals surface area (Å²) in [6.45, 7) is 0.937. The lowest BCUT2D eigenvalue weighted by Gasteiger charge is -2.12. The van der Waals surface area contributed by atoms with E-state index in [-0.39, 0.29) is 0 Å². The number of ether oxygens (including phenoxy) is 1. The standard InChI is InChI=1S/C12H14BrN3O/c1-16-8-15-6-10(16)7-17-12-9(5-14)3-2-4-11(12)13/h2-4,6,8H,5,7,14H2,1H3. The molecule has 2 aromatic rings. The van der Waals surface area contributed by atoms with Crippen molar-refractivity contribution in [2.75, 3.05) is 0 Å². The number of imidazole rings is 1. The maximum Gasteiger partial charge on any atom is 0.138 e. The minimum Gasteiger partial charge on any atom is -0.486 e. The fourth-order valence-corrected chi connectivity index (χ4v) is 2.07. The van der Waals surface area contributed by atoms with Crippen LogP contribution in [0, 0.1) is 0 Å². The number of hydrogen-bond donors (Lipinski definition) is 1. The van der Waals surface area contributed by atoms with Gasteiger partial charge in [-0.25, -0.2) is 4.98 Å². The molecule has 0 fully saturated rings. The zero-order valence-electron chi connectivity index (χ0n) is 9.56. The molecule has 0 aliphatic carbocycles. The van der Waals surface area contributed by atoms with Crippen LogP contribution >= 0.6 is 15.9 Å².